The second-order valence-corrected chi connectivity index (χ2v) is 4.72. The van der Waals surface area contributed by atoms with Crippen LogP contribution in [0.4, 0.5) is 5.69 Å². The first-order valence-electron chi connectivity index (χ1n) is 6.59. The molecule has 0 aromatic heterocycles. The zero-order valence-corrected chi connectivity index (χ0v) is 11.4. The summed E-state index contributed by atoms with van der Waals surface area (Å²) in [7, 11) is 0. The molecule has 1 heterocycles. The van der Waals surface area contributed by atoms with Gasteiger partial charge in [-0.25, -0.2) is 4.79 Å². The highest BCUT2D eigenvalue weighted by molar-refractivity contribution is 6.05. The van der Waals surface area contributed by atoms with Gasteiger partial charge in [0.15, 0.2) is 0 Å². The van der Waals surface area contributed by atoms with Crippen molar-refractivity contribution in [2.45, 2.75) is 0 Å². The minimum Gasteiger partial charge on any atom is -0.422 e. The first-order valence-corrected chi connectivity index (χ1v) is 6.59. The molecular weight excluding hydrogens is 282 g/mol. The standard InChI is InChI=1S/C17H11NO4/c19-17-14(9-12-5-4-8-15(10-12)18(20)21)11-16(22-17)13-6-2-1-3-7-13/h1-11H. The third-order valence-electron chi connectivity index (χ3n) is 3.19. The third kappa shape index (κ3) is 2.78. The molecule has 0 N–H and O–H groups in total. The molecule has 0 bridgehead atoms. The Morgan fingerprint density at radius 3 is 2.55 bits per heavy atom. The third-order valence-corrected chi connectivity index (χ3v) is 3.19. The van der Waals surface area contributed by atoms with E-state index in [-0.39, 0.29) is 5.69 Å². The van der Waals surface area contributed by atoms with Crippen molar-refractivity contribution in [3.05, 3.63) is 87.5 Å². The summed E-state index contributed by atoms with van der Waals surface area (Å²) < 4.78 is 5.23. The maximum Gasteiger partial charge on any atom is 0.343 e. The van der Waals surface area contributed by atoms with Gasteiger partial charge in [0.1, 0.15) is 5.76 Å². The highest BCUT2D eigenvalue weighted by Gasteiger charge is 2.21. The Morgan fingerprint density at radius 1 is 1.05 bits per heavy atom. The van der Waals surface area contributed by atoms with Crippen molar-refractivity contribution in [3.63, 3.8) is 0 Å². The Morgan fingerprint density at radius 2 is 1.82 bits per heavy atom. The Labute approximate surface area is 126 Å². The van der Waals surface area contributed by atoms with Gasteiger partial charge in [-0.1, -0.05) is 42.5 Å². The van der Waals surface area contributed by atoms with E-state index in [2.05, 4.69) is 0 Å². The number of carbonyl (C=O) groups is 1. The van der Waals surface area contributed by atoms with Crippen molar-refractivity contribution in [1.82, 2.24) is 0 Å². The van der Waals surface area contributed by atoms with E-state index in [1.807, 2.05) is 30.3 Å². The largest absolute Gasteiger partial charge is 0.422 e. The van der Waals surface area contributed by atoms with Crippen LogP contribution in [-0.4, -0.2) is 10.9 Å². The lowest BCUT2D eigenvalue weighted by Gasteiger charge is -2.00. The van der Waals surface area contributed by atoms with Crippen molar-refractivity contribution >= 4 is 23.5 Å². The number of hydrogen-bond acceptors (Lipinski definition) is 4. The van der Waals surface area contributed by atoms with E-state index in [0.29, 0.717) is 16.9 Å². The molecule has 108 valence electrons. The van der Waals surface area contributed by atoms with Crippen molar-refractivity contribution in [1.29, 1.82) is 0 Å². The Balaban J connectivity index is 1.94. The van der Waals surface area contributed by atoms with E-state index in [1.165, 1.54) is 12.1 Å². The number of nitro groups is 1. The molecule has 1 aliphatic heterocycles. The first-order chi connectivity index (χ1) is 10.6. The molecule has 0 aliphatic carbocycles. The SMILES string of the molecule is O=C1OC(c2ccccc2)=CC1=Cc1cccc([N+](=O)[O-])c1. The number of esters is 1. The van der Waals surface area contributed by atoms with Gasteiger partial charge >= 0.3 is 5.97 Å². The van der Waals surface area contributed by atoms with Gasteiger partial charge in [0, 0.05) is 17.7 Å². The maximum atomic E-state index is 11.9. The van der Waals surface area contributed by atoms with Gasteiger partial charge in [-0.15, -0.1) is 0 Å². The van der Waals surface area contributed by atoms with Crippen LogP contribution in [0.25, 0.3) is 11.8 Å². The van der Waals surface area contributed by atoms with Crippen LogP contribution in [0.15, 0.2) is 66.2 Å². The number of rotatable bonds is 3. The second kappa shape index (κ2) is 5.65. The van der Waals surface area contributed by atoms with Crippen molar-refractivity contribution in [3.8, 4) is 0 Å². The lowest BCUT2D eigenvalue weighted by atomic mass is 10.1. The molecule has 0 atom stereocenters. The molecule has 1 aliphatic rings. The van der Waals surface area contributed by atoms with Crippen LogP contribution < -0.4 is 0 Å². The van der Waals surface area contributed by atoms with Crippen molar-refractivity contribution < 1.29 is 14.5 Å². The zero-order valence-electron chi connectivity index (χ0n) is 11.4. The molecule has 5 nitrogen and oxygen atoms in total. The fraction of sp³-hybridized carbons (Fsp3) is 0. The van der Waals surface area contributed by atoms with Gasteiger partial charge in [0.25, 0.3) is 5.69 Å². The number of carbonyl (C=O) groups excluding carboxylic acids is 1. The summed E-state index contributed by atoms with van der Waals surface area (Å²) in [5.74, 6) is 0.00707. The molecule has 3 rings (SSSR count). The number of ether oxygens (including phenoxy) is 1. The average molecular weight is 293 g/mol. The topological polar surface area (TPSA) is 69.4 Å². The Bertz CT molecular complexity index is 806. The Hall–Kier alpha value is -3.21. The summed E-state index contributed by atoms with van der Waals surface area (Å²) in [4.78, 5) is 22.2. The first kappa shape index (κ1) is 13.8. The van der Waals surface area contributed by atoms with Crippen LogP contribution in [0, 0.1) is 10.1 Å². The summed E-state index contributed by atoms with van der Waals surface area (Å²) >= 11 is 0. The number of benzene rings is 2. The van der Waals surface area contributed by atoms with E-state index < -0.39 is 10.9 Å². The number of nitrogens with zero attached hydrogens (tertiary/aromatic N) is 1. The maximum absolute atomic E-state index is 11.9. The van der Waals surface area contributed by atoms with Gasteiger partial charge in [0.2, 0.25) is 0 Å². The number of hydrogen-bond donors (Lipinski definition) is 0. The molecule has 0 fully saturated rings. The highest BCUT2D eigenvalue weighted by Crippen LogP contribution is 2.27. The van der Waals surface area contributed by atoms with Gasteiger partial charge in [-0.2, -0.15) is 0 Å². The van der Waals surface area contributed by atoms with Gasteiger partial charge < -0.3 is 4.74 Å². The van der Waals surface area contributed by atoms with E-state index in [1.54, 1.807) is 24.3 Å². The van der Waals surface area contributed by atoms with Gasteiger partial charge in [0.05, 0.1) is 10.5 Å². The van der Waals surface area contributed by atoms with Gasteiger partial charge in [-0.05, 0) is 17.7 Å². The number of nitro benzene ring substituents is 1. The van der Waals surface area contributed by atoms with Crippen LogP contribution in [-0.2, 0) is 9.53 Å². The summed E-state index contributed by atoms with van der Waals surface area (Å²) in [6.45, 7) is 0. The normalized spacial score (nSPS) is 15.5. The average Bonchev–Trinajstić information content (AvgIpc) is 2.89. The fourth-order valence-electron chi connectivity index (χ4n) is 2.14. The second-order valence-electron chi connectivity index (χ2n) is 4.72. The molecule has 22 heavy (non-hydrogen) atoms. The summed E-state index contributed by atoms with van der Waals surface area (Å²) in [5, 5.41) is 10.8. The van der Waals surface area contributed by atoms with Crippen LogP contribution in [0.3, 0.4) is 0 Å². The monoisotopic (exact) mass is 293 g/mol. The zero-order chi connectivity index (χ0) is 15.5. The number of cyclic esters (lactones) is 1. The van der Waals surface area contributed by atoms with Crippen LogP contribution in [0.2, 0.25) is 0 Å². The van der Waals surface area contributed by atoms with E-state index in [4.69, 9.17) is 4.74 Å². The molecule has 0 unspecified atom stereocenters. The fourth-order valence-corrected chi connectivity index (χ4v) is 2.14. The minimum absolute atomic E-state index is 0.0204. The predicted octanol–water partition coefficient (Wildman–Crippen LogP) is 3.58. The molecule has 0 amide bonds. The smallest absolute Gasteiger partial charge is 0.343 e. The van der Waals surface area contributed by atoms with E-state index in [9.17, 15) is 14.9 Å². The van der Waals surface area contributed by atoms with Gasteiger partial charge in [-0.3, -0.25) is 10.1 Å². The molecular formula is C17H11NO4. The summed E-state index contributed by atoms with van der Waals surface area (Å²) in [5.41, 5.74) is 1.72. The van der Waals surface area contributed by atoms with Crippen LogP contribution >= 0.6 is 0 Å². The molecule has 2 aromatic rings. The predicted molar refractivity (Wildman–Crippen MR) is 81.6 cm³/mol. The van der Waals surface area contributed by atoms with Crippen LogP contribution in [0.1, 0.15) is 11.1 Å². The molecule has 0 saturated carbocycles. The minimum atomic E-state index is -0.472. The molecule has 2 aromatic carbocycles. The molecule has 0 radical (unpaired) electrons. The molecule has 0 saturated heterocycles. The van der Waals surface area contributed by atoms with E-state index >= 15 is 0 Å². The highest BCUT2D eigenvalue weighted by atomic mass is 16.6. The summed E-state index contributed by atoms with van der Waals surface area (Å²) in [6, 6.07) is 15.4. The number of non-ortho nitro benzene ring substituents is 1. The lowest BCUT2D eigenvalue weighted by Crippen LogP contribution is -1.97. The van der Waals surface area contributed by atoms with E-state index in [0.717, 1.165) is 5.56 Å². The van der Waals surface area contributed by atoms with Crippen molar-refractivity contribution in [2.24, 2.45) is 0 Å². The Kier molecular flexibility index (Phi) is 3.53. The molecule has 5 heteroatoms. The quantitative estimate of drug-likeness (QED) is 0.375. The molecule has 0 spiro atoms. The van der Waals surface area contributed by atoms with Crippen LogP contribution in [0.5, 0.6) is 0 Å². The lowest BCUT2D eigenvalue weighted by molar-refractivity contribution is -0.384. The summed E-state index contributed by atoms with van der Waals surface area (Å²) in [6.07, 6.45) is 3.21. The van der Waals surface area contributed by atoms with Crippen molar-refractivity contribution in [2.75, 3.05) is 0 Å².